The van der Waals surface area contributed by atoms with Gasteiger partial charge < -0.3 is 5.32 Å². The summed E-state index contributed by atoms with van der Waals surface area (Å²) in [5.74, 6) is 0.715. The van der Waals surface area contributed by atoms with E-state index in [4.69, 9.17) is 23.2 Å². The third-order valence-corrected chi connectivity index (χ3v) is 4.45. The molecule has 0 bridgehead atoms. The fourth-order valence-corrected chi connectivity index (χ4v) is 3.04. The maximum absolute atomic E-state index is 12.3. The predicted octanol–water partition coefficient (Wildman–Crippen LogP) is 4.00. The maximum atomic E-state index is 12.3. The average molecular weight is 386 g/mol. The van der Waals surface area contributed by atoms with Crippen molar-refractivity contribution in [3.8, 4) is 11.3 Å². The van der Waals surface area contributed by atoms with Gasteiger partial charge in [0.05, 0.1) is 5.69 Å². The van der Waals surface area contributed by atoms with E-state index in [-0.39, 0.29) is 5.56 Å². The molecule has 130 valence electrons. The summed E-state index contributed by atoms with van der Waals surface area (Å²) < 4.78 is 1.29. The van der Waals surface area contributed by atoms with E-state index in [2.05, 4.69) is 20.4 Å². The molecule has 0 fully saturated rings. The van der Waals surface area contributed by atoms with E-state index in [1.54, 1.807) is 12.1 Å². The van der Waals surface area contributed by atoms with Crippen LogP contribution in [0.25, 0.3) is 17.0 Å². The van der Waals surface area contributed by atoms with Gasteiger partial charge >= 0.3 is 0 Å². The number of fused-ring (bicyclic) bond motifs is 1. The van der Waals surface area contributed by atoms with Gasteiger partial charge in [0.1, 0.15) is 0 Å². The van der Waals surface area contributed by atoms with Crippen molar-refractivity contribution in [3.05, 3.63) is 80.6 Å². The largest absolute Gasteiger partial charge is 0.350 e. The monoisotopic (exact) mass is 385 g/mol. The highest BCUT2D eigenvalue weighted by Gasteiger charge is 2.10. The number of rotatable bonds is 4. The van der Waals surface area contributed by atoms with E-state index in [1.807, 2.05) is 36.4 Å². The van der Waals surface area contributed by atoms with Crippen molar-refractivity contribution < 1.29 is 0 Å². The second-order valence-corrected chi connectivity index (χ2v) is 6.49. The first-order valence-corrected chi connectivity index (χ1v) is 8.59. The van der Waals surface area contributed by atoms with Gasteiger partial charge in [-0.1, -0.05) is 59.6 Å². The van der Waals surface area contributed by atoms with Crippen LogP contribution in [0.3, 0.4) is 0 Å². The van der Waals surface area contributed by atoms with Crippen LogP contribution in [0.1, 0.15) is 5.56 Å². The number of aromatic amines is 1. The molecule has 0 unspecified atom stereocenters. The van der Waals surface area contributed by atoms with Crippen molar-refractivity contribution >= 4 is 34.9 Å². The third kappa shape index (κ3) is 3.29. The number of anilines is 1. The molecule has 26 heavy (non-hydrogen) atoms. The van der Waals surface area contributed by atoms with Crippen molar-refractivity contribution in [2.45, 2.75) is 6.54 Å². The summed E-state index contributed by atoms with van der Waals surface area (Å²) in [6.07, 6.45) is 0. The molecule has 2 heterocycles. The summed E-state index contributed by atoms with van der Waals surface area (Å²) >= 11 is 12.1. The van der Waals surface area contributed by atoms with Crippen LogP contribution in [0.4, 0.5) is 5.95 Å². The van der Waals surface area contributed by atoms with E-state index in [1.165, 1.54) is 10.6 Å². The second-order valence-electron chi connectivity index (χ2n) is 5.64. The van der Waals surface area contributed by atoms with Crippen molar-refractivity contribution in [1.82, 2.24) is 19.6 Å². The van der Waals surface area contributed by atoms with Gasteiger partial charge in [-0.3, -0.25) is 9.89 Å². The topological polar surface area (TPSA) is 75.1 Å². The minimum Gasteiger partial charge on any atom is -0.350 e. The summed E-state index contributed by atoms with van der Waals surface area (Å²) in [7, 11) is 0. The highest BCUT2D eigenvalue weighted by molar-refractivity contribution is 6.35. The molecule has 2 N–H and O–H groups in total. The first-order valence-electron chi connectivity index (χ1n) is 7.83. The normalized spacial score (nSPS) is 11.0. The number of hydrogen-bond donors (Lipinski definition) is 2. The van der Waals surface area contributed by atoms with Crippen molar-refractivity contribution in [2.75, 3.05) is 5.32 Å². The molecule has 4 rings (SSSR count). The number of halogens is 2. The molecule has 0 aliphatic rings. The molecule has 0 atom stereocenters. The number of hydrogen-bond acceptors (Lipinski definition) is 4. The predicted molar refractivity (Wildman–Crippen MR) is 103 cm³/mol. The van der Waals surface area contributed by atoms with Crippen LogP contribution in [0, 0.1) is 0 Å². The second kappa shape index (κ2) is 6.82. The minimum absolute atomic E-state index is 0.237. The Morgan fingerprint density at radius 1 is 1.04 bits per heavy atom. The molecular formula is C18H13Cl2N5O. The highest BCUT2D eigenvalue weighted by atomic mass is 35.5. The Morgan fingerprint density at radius 2 is 1.85 bits per heavy atom. The lowest BCUT2D eigenvalue weighted by molar-refractivity contribution is 0.897. The minimum atomic E-state index is -0.237. The lowest BCUT2D eigenvalue weighted by Crippen LogP contribution is -2.14. The van der Waals surface area contributed by atoms with Gasteiger partial charge in [0.2, 0.25) is 5.95 Å². The molecule has 0 radical (unpaired) electrons. The van der Waals surface area contributed by atoms with Crippen molar-refractivity contribution in [2.24, 2.45) is 0 Å². The summed E-state index contributed by atoms with van der Waals surface area (Å²) in [4.78, 5) is 21.1. The fourth-order valence-electron chi connectivity index (χ4n) is 2.56. The van der Waals surface area contributed by atoms with Gasteiger partial charge in [-0.25, -0.2) is 4.98 Å². The average Bonchev–Trinajstić information content (AvgIpc) is 3.05. The van der Waals surface area contributed by atoms with Gasteiger partial charge in [0.15, 0.2) is 0 Å². The van der Waals surface area contributed by atoms with E-state index in [9.17, 15) is 4.79 Å². The third-order valence-electron chi connectivity index (χ3n) is 3.86. The first kappa shape index (κ1) is 16.6. The van der Waals surface area contributed by atoms with Gasteiger partial charge in [0, 0.05) is 28.2 Å². The molecule has 2 aromatic heterocycles. The van der Waals surface area contributed by atoms with Crippen molar-refractivity contribution in [3.63, 3.8) is 0 Å². The SMILES string of the molecule is O=c1cc(-c2ccccc2)nc2nc(NCc3ccc(Cl)cc3Cl)[nH]n12. The van der Waals surface area contributed by atoms with Gasteiger partial charge in [-0.15, -0.1) is 0 Å². The summed E-state index contributed by atoms with van der Waals surface area (Å²) in [6.45, 7) is 0.427. The Kier molecular flexibility index (Phi) is 4.36. The van der Waals surface area contributed by atoms with Crippen LogP contribution >= 0.6 is 23.2 Å². The zero-order valence-electron chi connectivity index (χ0n) is 13.4. The number of H-pyrrole nitrogens is 1. The lowest BCUT2D eigenvalue weighted by atomic mass is 10.1. The number of nitrogens with zero attached hydrogens (tertiary/aromatic N) is 3. The smallest absolute Gasteiger partial charge is 0.274 e. The molecule has 0 saturated heterocycles. The summed E-state index contributed by atoms with van der Waals surface area (Å²) in [5, 5.41) is 7.13. The lowest BCUT2D eigenvalue weighted by Gasteiger charge is -2.05. The number of nitrogens with one attached hydrogen (secondary N) is 2. The first-order chi connectivity index (χ1) is 12.6. The van der Waals surface area contributed by atoms with Crippen LogP contribution in [-0.2, 0) is 6.54 Å². The molecule has 8 heteroatoms. The van der Waals surface area contributed by atoms with Gasteiger partial charge in [-0.2, -0.15) is 9.50 Å². The van der Waals surface area contributed by atoms with E-state index >= 15 is 0 Å². The van der Waals surface area contributed by atoms with Crippen LogP contribution in [0.15, 0.2) is 59.4 Å². The summed E-state index contributed by atoms with van der Waals surface area (Å²) in [6, 6.07) is 16.2. The molecule has 2 aromatic carbocycles. The van der Waals surface area contributed by atoms with Crippen molar-refractivity contribution in [1.29, 1.82) is 0 Å². The van der Waals surface area contributed by atoms with Crippen LogP contribution < -0.4 is 10.9 Å². The summed E-state index contributed by atoms with van der Waals surface area (Å²) in [5.41, 5.74) is 2.06. The molecule has 4 aromatic rings. The Labute approximate surface area is 158 Å². The molecule has 0 amide bonds. The standard InChI is InChI=1S/C18H13Cl2N5O/c19-13-7-6-12(14(20)8-13)10-21-17-23-18-22-15(9-16(26)25(18)24-17)11-4-2-1-3-5-11/h1-9H,10H2,(H2,21,22,23,24). The molecular weight excluding hydrogens is 373 g/mol. The van der Waals surface area contributed by atoms with Gasteiger partial charge in [-0.05, 0) is 17.7 Å². The van der Waals surface area contributed by atoms with E-state index in [0.717, 1.165) is 11.1 Å². The molecule has 0 spiro atoms. The Bertz CT molecular complexity index is 1140. The Hall–Kier alpha value is -2.83. The highest BCUT2D eigenvalue weighted by Crippen LogP contribution is 2.21. The molecule has 6 nitrogen and oxygen atoms in total. The zero-order valence-corrected chi connectivity index (χ0v) is 14.9. The maximum Gasteiger partial charge on any atom is 0.274 e. The Morgan fingerprint density at radius 3 is 2.62 bits per heavy atom. The Balaban J connectivity index is 1.63. The number of benzene rings is 2. The van der Waals surface area contributed by atoms with E-state index in [0.29, 0.717) is 34.0 Å². The van der Waals surface area contributed by atoms with Crippen LogP contribution in [-0.4, -0.2) is 19.6 Å². The molecule has 0 aliphatic heterocycles. The molecule has 0 aliphatic carbocycles. The number of aromatic nitrogens is 4. The fraction of sp³-hybridized carbons (Fsp3) is 0.0556. The van der Waals surface area contributed by atoms with Crippen LogP contribution in [0.5, 0.6) is 0 Å². The van der Waals surface area contributed by atoms with Crippen LogP contribution in [0.2, 0.25) is 10.0 Å². The molecule has 0 saturated carbocycles. The van der Waals surface area contributed by atoms with E-state index < -0.39 is 0 Å². The quantitative estimate of drug-likeness (QED) is 0.556. The van der Waals surface area contributed by atoms with Gasteiger partial charge in [0.25, 0.3) is 11.3 Å². The zero-order chi connectivity index (χ0) is 18.1.